The highest BCUT2D eigenvalue weighted by molar-refractivity contribution is 7.92. The summed E-state index contributed by atoms with van der Waals surface area (Å²) in [7, 11) is -3.98. The third-order valence-electron chi connectivity index (χ3n) is 2.92. The Kier molecular flexibility index (Phi) is 4.65. The van der Waals surface area contributed by atoms with Crippen molar-refractivity contribution in [1.82, 2.24) is 0 Å². The van der Waals surface area contributed by atoms with Crippen LogP contribution in [0.1, 0.15) is 15.9 Å². The summed E-state index contributed by atoms with van der Waals surface area (Å²) in [5, 5.41) is 9.57. The molecule has 0 bridgehead atoms. The first-order valence-electron chi connectivity index (χ1n) is 6.02. The molecule has 2 aromatic carbocycles. The van der Waals surface area contributed by atoms with Crippen molar-refractivity contribution in [2.75, 3.05) is 4.72 Å². The van der Waals surface area contributed by atoms with Gasteiger partial charge in [-0.25, -0.2) is 13.2 Å². The summed E-state index contributed by atoms with van der Waals surface area (Å²) in [6, 6.07) is 8.20. The Balaban J connectivity index is 2.45. The van der Waals surface area contributed by atoms with Gasteiger partial charge in [-0.2, -0.15) is 0 Å². The van der Waals surface area contributed by atoms with E-state index in [0.29, 0.717) is 10.6 Å². The summed E-state index contributed by atoms with van der Waals surface area (Å²) in [5.74, 6) is -1.20. The topological polar surface area (TPSA) is 83.5 Å². The minimum Gasteiger partial charge on any atom is -0.478 e. The van der Waals surface area contributed by atoms with E-state index in [0.717, 1.165) is 6.07 Å². The van der Waals surface area contributed by atoms with Crippen LogP contribution in [-0.4, -0.2) is 19.5 Å². The van der Waals surface area contributed by atoms with E-state index in [4.69, 9.17) is 28.3 Å². The van der Waals surface area contributed by atoms with Crippen molar-refractivity contribution in [3.05, 3.63) is 57.6 Å². The molecule has 116 valence electrons. The highest BCUT2D eigenvalue weighted by Gasteiger charge is 2.19. The second kappa shape index (κ2) is 6.16. The van der Waals surface area contributed by atoms with Gasteiger partial charge in [0.25, 0.3) is 10.0 Å². The number of carbonyl (C=O) groups is 1. The molecule has 0 amide bonds. The number of halogens is 2. The zero-order chi connectivity index (χ0) is 16.5. The lowest BCUT2D eigenvalue weighted by molar-refractivity contribution is 0.0696. The maximum Gasteiger partial charge on any atom is 0.335 e. The van der Waals surface area contributed by atoms with Gasteiger partial charge in [-0.1, -0.05) is 29.3 Å². The Morgan fingerprint density at radius 1 is 1.14 bits per heavy atom. The molecule has 0 atom stereocenters. The molecular formula is C14H11Cl2NO4S. The molecule has 0 spiro atoms. The van der Waals surface area contributed by atoms with Crippen LogP contribution in [0.25, 0.3) is 0 Å². The van der Waals surface area contributed by atoms with Gasteiger partial charge in [-0.3, -0.25) is 4.72 Å². The minimum absolute atomic E-state index is 0.0833. The molecule has 0 saturated carbocycles. The first kappa shape index (κ1) is 16.6. The first-order valence-corrected chi connectivity index (χ1v) is 8.26. The van der Waals surface area contributed by atoms with Gasteiger partial charge < -0.3 is 5.11 Å². The fourth-order valence-electron chi connectivity index (χ4n) is 1.78. The Labute approximate surface area is 137 Å². The first-order chi connectivity index (χ1) is 10.2. The Morgan fingerprint density at radius 3 is 2.45 bits per heavy atom. The molecule has 0 heterocycles. The van der Waals surface area contributed by atoms with E-state index >= 15 is 0 Å². The van der Waals surface area contributed by atoms with Crippen molar-refractivity contribution < 1.29 is 18.3 Å². The molecule has 0 fully saturated rings. The van der Waals surface area contributed by atoms with Gasteiger partial charge in [0.05, 0.1) is 21.2 Å². The molecule has 0 radical (unpaired) electrons. The van der Waals surface area contributed by atoms with Crippen LogP contribution < -0.4 is 4.72 Å². The third-order valence-corrected chi connectivity index (χ3v) is 4.85. The van der Waals surface area contributed by atoms with Crippen molar-refractivity contribution in [3.8, 4) is 0 Å². The van der Waals surface area contributed by atoms with Crippen LogP contribution in [0.2, 0.25) is 10.0 Å². The van der Waals surface area contributed by atoms with Gasteiger partial charge >= 0.3 is 5.97 Å². The van der Waals surface area contributed by atoms with E-state index in [2.05, 4.69) is 4.72 Å². The Morgan fingerprint density at radius 2 is 1.82 bits per heavy atom. The summed E-state index contributed by atoms with van der Waals surface area (Å²) in [6.45, 7) is 1.58. The number of aryl methyl sites for hydroxylation is 1. The van der Waals surface area contributed by atoms with E-state index in [1.165, 1.54) is 30.3 Å². The summed E-state index contributed by atoms with van der Waals surface area (Å²) < 4.78 is 27.0. The molecule has 22 heavy (non-hydrogen) atoms. The molecular weight excluding hydrogens is 349 g/mol. The van der Waals surface area contributed by atoms with E-state index in [1.807, 2.05) is 0 Å². The van der Waals surface area contributed by atoms with E-state index in [9.17, 15) is 13.2 Å². The fourth-order valence-corrected chi connectivity index (χ4v) is 3.27. The van der Waals surface area contributed by atoms with Gasteiger partial charge in [-0.05, 0) is 42.8 Å². The van der Waals surface area contributed by atoms with Gasteiger partial charge in [0.2, 0.25) is 0 Å². The molecule has 8 heteroatoms. The Bertz CT molecular complexity index is 850. The molecule has 0 saturated heterocycles. The van der Waals surface area contributed by atoms with Crippen molar-refractivity contribution in [3.63, 3.8) is 0 Å². The molecule has 0 aliphatic heterocycles. The maximum absolute atomic E-state index is 12.3. The van der Waals surface area contributed by atoms with E-state index < -0.39 is 16.0 Å². The monoisotopic (exact) mass is 359 g/mol. The van der Waals surface area contributed by atoms with Crippen LogP contribution in [-0.2, 0) is 10.0 Å². The number of hydrogen-bond acceptors (Lipinski definition) is 3. The fraction of sp³-hybridized carbons (Fsp3) is 0.0714. The normalized spacial score (nSPS) is 11.2. The average Bonchev–Trinajstić information content (AvgIpc) is 2.42. The molecule has 0 aliphatic rings. The quantitative estimate of drug-likeness (QED) is 0.869. The van der Waals surface area contributed by atoms with Gasteiger partial charge in [0, 0.05) is 5.02 Å². The van der Waals surface area contributed by atoms with Gasteiger partial charge in [0.15, 0.2) is 0 Å². The number of nitrogens with one attached hydrogen (secondary N) is 1. The lowest BCUT2D eigenvalue weighted by Gasteiger charge is -2.11. The third kappa shape index (κ3) is 3.52. The number of benzene rings is 2. The van der Waals surface area contributed by atoms with E-state index in [-0.39, 0.29) is 21.2 Å². The predicted octanol–water partition coefficient (Wildman–Crippen LogP) is 3.80. The highest BCUT2D eigenvalue weighted by atomic mass is 35.5. The lowest BCUT2D eigenvalue weighted by atomic mass is 10.1. The Hall–Kier alpha value is -1.76. The number of anilines is 1. The second-order valence-corrected chi connectivity index (χ2v) is 7.04. The molecule has 0 aliphatic carbocycles. The van der Waals surface area contributed by atoms with Crippen LogP contribution in [0.4, 0.5) is 5.69 Å². The van der Waals surface area contributed by atoms with Crippen LogP contribution in [0.3, 0.4) is 0 Å². The number of aromatic carboxylic acids is 1. The predicted molar refractivity (Wildman–Crippen MR) is 85.4 cm³/mol. The SMILES string of the molecule is Cc1ccc(S(=O)(=O)Nc2cc(Cl)ccc2Cl)cc1C(=O)O. The molecule has 5 nitrogen and oxygen atoms in total. The van der Waals surface area contributed by atoms with Crippen LogP contribution in [0.5, 0.6) is 0 Å². The van der Waals surface area contributed by atoms with Crippen molar-refractivity contribution in [2.24, 2.45) is 0 Å². The highest BCUT2D eigenvalue weighted by Crippen LogP contribution is 2.28. The second-order valence-electron chi connectivity index (χ2n) is 4.51. The number of carboxylic acid groups (broad SMARTS) is 1. The molecule has 2 aromatic rings. The summed E-state index contributed by atoms with van der Waals surface area (Å²) >= 11 is 11.7. The number of sulfonamides is 1. The van der Waals surface area contributed by atoms with Crippen molar-refractivity contribution in [2.45, 2.75) is 11.8 Å². The molecule has 2 rings (SSSR count). The van der Waals surface area contributed by atoms with Crippen LogP contribution in [0, 0.1) is 6.92 Å². The zero-order valence-corrected chi connectivity index (χ0v) is 13.6. The lowest BCUT2D eigenvalue weighted by Crippen LogP contribution is -2.14. The maximum atomic E-state index is 12.3. The standard InChI is InChI=1S/C14H11Cl2NO4S/c1-8-2-4-10(7-11(8)14(18)19)22(20,21)17-13-6-9(15)3-5-12(13)16/h2-7,17H,1H3,(H,18,19). The van der Waals surface area contributed by atoms with Crippen LogP contribution in [0.15, 0.2) is 41.3 Å². The van der Waals surface area contributed by atoms with Crippen molar-refractivity contribution >= 4 is 44.9 Å². The van der Waals surface area contributed by atoms with Crippen LogP contribution >= 0.6 is 23.2 Å². The molecule has 0 unspecified atom stereocenters. The minimum atomic E-state index is -3.98. The zero-order valence-electron chi connectivity index (χ0n) is 11.3. The van der Waals surface area contributed by atoms with Gasteiger partial charge in [0.1, 0.15) is 0 Å². The van der Waals surface area contributed by atoms with Gasteiger partial charge in [-0.15, -0.1) is 0 Å². The van der Waals surface area contributed by atoms with E-state index in [1.54, 1.807) is 6.92 Å². The summed E-state index contributed by atoms with van der Waals surface area (Å²) in [6.07, 6.45) is 0. The largest absolute Gasteiger partial charge is 0.478 e. The summed E-state index contributed by atoms with van der Waals surface area (Å²) in [4.78, 5) is 10.9. The molecule has 2 N–H and O–H groups in total. The van der Waals surface area contributed by atoms with Crippen molar-refractivity contribution in [1.29, 1.82) is 0 Å². The number of rotatable bonds is 4. The summed E-state index contributed by atoms with van der Waals surface area (Å²) in [5.41, 5.74) is 0.499. The molecule has 0 aromatic heterocycles. The smallest absolute Gasteiger partial charge is 0.335 e. The number of carboxylic acids is 1. The average molecular weight is 360 g/mol. The number of hydrogen-bond donors (Lipinski definition) is 2.